The van der Waals surface area contributed by atoms with Crippen LogP contribution in [0.4, 0.5) is 8.78 Å². The van der Waals surface area contributed by atoms with Crippen LogP contribution in [0.2, 0.25) is 0 Å². The third-order valence-electron chi connectivity index (χ3n) is 1.56. The molecular formula is C8H5F2IN2. The minimum absolute atomic E-state index is 0.00639. The van der Waals surface area contributed by atoms with Gasteiger partial charge in [-0.2, -0.15) is 5.26 Å². The second kappa shape index (κ2) is 3.96. The van der Waals surface area contributed by atoms with Gasteiger partial charge in [0.05, 0.1) is 17.2 Å². The Bertz CT molecular complexity index is 371. The van der Waals surface area contributed by atoms with Gasteiger partial charge in [0.15, 0.2) is 0 Å². The zero-order chi connectivity index (χ0) is 10.0. The molecule has 0 atom stereocenters. The number of alkyl halides is 2. The summed E-state index contributed by atoms with van der Waals surface area (Å²) in [6.45, 7) is 1.48. The second-order valence-electron chi connectivity index (χ2n) is 2.40. The van der Waals surface area contributed by atoms with E-state index in [4.69, 9.17) is 5.26 Å². The van der Waals surface area contributed by atoms with E-state index >= 15 is 0 Å². The molecule has 0 amide bonds. The van der Waals surface area contributed by atoms with E-state index in [0.29, 0.717) is 3.70 Å². The number of rotatable bonds is 1. The van der Waals surface area contributed by atoms with Crippen molar-refractivity contribution in [3.8, 4) is 6.07 Å². The normalized spacial score (nSPS) is 10.2. The maximum absolute atomic E-state index is 12.4. The first kappa shape index (κ1) is 10.3. The van der Waals surface area contributed by atoms with E-state index in [2.05, 4.69) is 4.98 Å². The number of nitriles is 1. The van der Waals surface area contributed by atoms with Crippen LogP contribution in [0.1, 0.15) is 23.2 Å². The summed E-state index contributed by atoms with van der Waals surface area (Å²) in [7, 11) is 0. The first-order chi connectivity index (χ1) is 6.06. The maximum atomic E-state index is 12.4. The second-order valence-corrected chi connectivity index (χ2v) is 3.51. The Morgan fingerprint density at radius 1 is 1.62 bits per heavy atom. The number of hydrogen-bond donors (Lipinski definition) is 0. The van der Waals surface area contributed by atoms with Crippen LogP contribution in [-0.2, 0) is 0 Å². The minimum atomic E-state index is -2.64. The Kier molecular flexibility index (Phi) is 3.14. The van der Waals surface area contributed by atoms with Gasteiger partial charge < -0.3 is 0 Å². The molecule has 0 aliphatic rings. The molecule has 0 aliphatic carbocycles. The smallest absolute Gasteiger partial charge is 0.247 e. The van der Waals surface area contributed by atoms with Gasteiger partial charge in [-0.3, -0.25) is 0 Å². The van der Waals surface area contributed by atoms with Crippen LogP contribution in [0, 0.1) is 22.0 Å². The molecule has 0 bridgehead atoms. The highest BCUT2D eigenvalue weighted by Gasteiger charge is 2.17. The van der Waals surface area contributed by atoms with E-state index < -0.39 is 6.43 Å². The molecule has 0 radical (unpaired) electrons. The third-order valence-corrected chi connectivity index (χ3v) is 2.11. The molecule has 13 heavy (non-hydrogen) atoms. The molecule has 0 saturated heterocycles. The van der Waals surface area contributed by atoms with Crippen LogP contribution in [-0.4, -0.2) is 4.98 Å². The lowest BCUT2D eigenvalue weighted by molar-refractivity contribution is 0.149. The van der Waals surface area contributed by atoms with E-state index in [9.17, 15) is 8.78 Å². The summed E-state index contributed by atoms with van der Waals surface area (Å²) >= 11 is 1.89. The lowest BCUT2D eigenvalue weighted by atomic mass is 10.1. The molecular weight excluding hydrogens is 289 g/mol. The van der Waals surface area contributed by atoms with Gasteiger partial charge >= 0.3 is 0 Å². The Balaban J connectivity index is 3.41. The molecule has 0 N–H and O–H groups in total. The predicted octanol–water partition coefficient (Wildman–Crippen LogP) is 2.80. The highest BCUT2D eigenvalue weighted by Crippen LogP contribution is 2.25. The summed E-state index contributed by atoms with van der Waals surface area (Å²) in [6, 6.07) is 3.09. The van der Waals surface area contributed by atoms with Crippen molar-refractivity contribution < 1.29 is 8.78 Å². The van der Waals surface area contributed by atoms with Crippen molar-refractivity contribution in [2.24, 2.45) is 0 Å². The van der Waals surface area contributed by atoms with Crippen LogP contribution in [0.5, 0.6) is 0 Å². The fourth-order valence-corrected chi connectivity index (χ4v) is 1.69. The zero-order valence-corrected chi connectivity index (χ0v) is 8.84. The van der Waals surface area contributed by atoms with Crippen LogP contribution in [0.15, 0.2) is 6.07 Å². The number of aryl methyl sites for hydroxylation is 1. The molecule has 0 aromatic carbocycles. The van der Waals surface area contributed by atoms with Gasteiger partial charge in [0.1, 0.15) is 3.70 Å². The van der Waals surface area contributed by atoms with Crippen molar-refractivity contribution in [1.29, 1.82) is 5.26 Å². The molecule has 5 heteroatoms. The number of aromatic nitrogens is 1. The van der Waals surface area contributed by atoms with Gasteiger partial charge in [0.25, 0.3) is 6.43 Å². The Hall–Kier alpha value is -0.770. The van der Waals surface area contributed by atoms with Crippen molar-refractivity contribution in [2.45, 2.75) is 13.3 Å². The average Bonchev–Trinajstić information content (AvgIpc) is 2.01. The Morgan fingerprint density at radius 2 is 2.23 bits per heavy atom. The Labute approximate surface area is 87.7 Å². The summed E-state index contributed by atoms with van der Waals surface area (Å²) < 4.78 is 25.4. The van der Waals surface area contributed by atoms with E-state index in [1.165, 1.54) is 13.0 Å². The fraction of sp³-hybridized carbons (Fsp3) is 0.250. The molecule has 0 fully saturated rings. The molecule has 0 saturated carbocycles. The summed E-state index contributed by atoms with van der Waals surface area (Å²) in [6.07, 6.45) is -2.64. The van der Waals surface area contributed by atoms with Gasteiger partial charge in [-0.1, -0.05) is 0 Å². The summed E-state index contributed by atoms with van der Waals surface area (Å²) in [5.41, 5.74) is -0.0340. The van der Waals surface area contributed by atoms with Gasteiger partial charge in [-0.15, -0.1) is 0 Å². The molecule has 0 spiro atoms. The molecule has 1 aromatic heterocycles. The molecule has 0 aliphatic heterocycles. The summed E-state index contributed by atoms with van der Waals surface area (Å²) in [4.78, 5) is 3.86. The SMILES string of the molecule is Cc1nc(I)cc(C#N)c1C(F)F. The van der Waals surface area contributed by atoms with E-state index in [0.717, 1.165) is 0 Å². The summed E-state index contributed by atoms with van der Waals surface area (Å²) in [5.74, 6) is 0. The van der Waals surface area contributed by atoms with Gasteiger partial charge in [-0.25, -0.2) is 13.8 Å². The van der Waals surface area contributed by atoms with Crippen LogP contribution in [0.25, 0.3) is 0 Å². The predicted molar refractivity (Wildman–Crippen MR) is 51.4 cm³/mol. The zero-order valence-electron chi connectivity index (χ0n) is 6.68. The average molecular weight is 294 g/mol. The molecule has 68 valence electrons. The monoisotopic (exact) mass is 294 g/mol. The lowest BCUT2D eigenvalue weighted by Crippen LogP contribution is -1.99. The molecule has 2 nitrogen and oxygen atoms in total. The first-order valence-electron chi connectivity index (χ1n) is 3.41. The molecule has 0 unspecified atom stereocenters. The van der Waals surface area contributed by atoms with Crippen molar-refractivity contribution in [2.75, 3.05) is 0 Å². The topological polar surface area (TPSA) is 36.7 Å². The van der Waals surface area contributed by atoms with Crippen molar-refractivity contribution in [3.05, 3.63) is 26.6 Å². The van der Waals surface area contributed by atoms with Crippen LogP contribution < -0.4 is 0 Å². The molecule has 1 rings (SSSR count). The standard InChI is InChI=1S/C8H5F2IN2/c1-4-7(8(9)10)5(3-12)2-6(11)13-4/h2,8H,1H3. The van der Waals surface area contributed by atoms with Gasteiger partial charge in [0, 0.05) is 5.69 Å². The Morgan fingerprint density at radius 3 is 2.69 bits per heavy atom. The lowest BCUT2D eigenvalue weighted by Gasteiger charge is -2.05. The summed E-state index contributed by atoms with van der Waals surface area (Å²) in [5, 5.41) is 8.60. The van der Waals surface area contributed by atoms with Gasteiger partial charge in [0.2, 0.25) is 0 Å². The molecule has 1 heterocycles. The quantitative estimate of drug-likeness (QED) is 0.590. The largest absolute Gasteiger partial charge is 0.266 e. The van der Waals surface area contributed by atoms with E-state index in [1.807, 2.05) is 22.6 Å². The van der Waals surface area contributed by atoms with Crippen LogP contribution in [0.3, 0.4) is 0 Å². The highest BCUT2D eigenvalue weighted by atomic mass is 127. The molecule has 1 aromatic rings. The van der Waals surface area contributed by atoms with E-state index in [1.54, 1.807) is 6.07 Å². The van der Waals surface area contributed by atoms with Crippen molar-refractivity contribution in [1.82, 2.24) is 4.98 Å². The number of halogens is 3. The minimum Gasteiger partial charge on any atom is -0.247 e. The third kappa shape index (κ3) is 2.12. The number of nitrogens with zero attached hydrogens (tertiary/aromatic N) is 2. The van der Waals surface area contributed by atoms with Crippen LogP contribution >= 0.6 is 22.6 Å². The number of pyridine rings is 1. The maximum Gasteiger partial charge on any atom is 0.266 e. The number of hydrogen-bond acceptors (Lipinski definition) is 2. The first-order valence-corrected chi connectivity index (χ1v) is 4.49. The van der Waals surface area contributed by atoms with Crippen molar-refractivity contribution >= 4 is 22.6 Å². The highest BCUT2D eigenvalue weighted by molar-refractivity contribution is 14.1. The van der Waals surface area contributed by atoms with Gasteiger partial charge in [-0.05, 0) is 35.6 Å². The fourth-order valence-electron chi connectivity index (χ4n) is 1.01. The van der Waals surface area contributed by atoms with Crippen molar-refractivity contribution in [3.63, 3.8) is 0 Å². The van der Waals surface area contributed by atoms with E-state index in [-0.39, 0.29) is 16.8 Å².